The van der Waals surface area contributed by atoms with Gasteiger partial charge in [-0.1, -0.05) is 24.3 Å². The van der Waals surface area contributed by atoms with Crippen LogP contribution in [0.1, 0.15) is 38.2 Å². The molecule has 24 heavy (non-hydrogen) atoms. The van der Waals surface area contributed by atoms with Crippen molar-refractivity contribution in [2.24, 2.45) is 0 Å². The number of rotatable bonds is 6. The zero-order valence-corrected chi connectivity index (χ0v) is 14.5. The lowest BCUT2D eigenvalue weighted by Crippen LogP contribution is -2.32. The van der Waals surface area contributed by atoms with E-state index in [0.29, 0.717) is 0 Å². The van der Waals surface area contributed by atoms with Crippen molar-refractivity contribution in [1.82, 2.24) is 14.9 Å². The van der Waals surface area contributed by atoms with Crippen molar-refractivity contribution in [2.45, 2.75) is 45.8 Å². The highest BCUT2D eigenvalue weighted by Crippen LogP contribution is 2.21. The largest absolute Gasteiger partial charge is 0.327 e. The lowest BCUT2D eigenvalue weighted by Gasteiger charge is -2.20. The number of hydrogen-bond donors (Lipinski definition) is 1. The summed E-state index contributed by atoms with van der Waals surface area (Å²) >= 11 is 0. The predicted octanol–water partition coefficient (Wildman–Crippen LogP) is 4.48. The molecule has 2 atom stereocenters. The van der Waals surface area contributed by atoms with E-state index < -0.39 is 0 Å². The molecule has 4 heteroatoms. The summed E-state index contributed by atoms with van der Waals surface area (Å²) in [4.78, 5) is 4.81. The monoisotopic (exact) mass is 325 g/mol. The number of halogens is 1. The Balaban J connectivity index is 1.74. The number of aryl methyl sites for hydroxylation is 1. The summed E-state index contributed by atoms with van der Waals surface area (Å²) in [5.74, 6) is 0.869. The molecule has 2 aromatic carbocycles. The number of imidazole rings is 1. The lowest BCUT2D eigenvalue weighted by atomic mass is 10.1. The molecule has 3 aromatic rings. The average Bonchev–Trinajstić information content (AvgIpc) is 2.95. The number of para-hydroxylation sites is 2. The molecule has 1 aromatic heterocycles. The summed E-state index contributed by atoms with van der Waals surface area (Å²) in [6.45, 7) is 7.34. The summed E-state index contributed by atoms with van der Waals surface area (Å²) < 4.78 is 15.3. The van der Waals surface area contributed by atoms with E-state index in [1.54, 1.807) is 0 Å². The quantitative estimate of drug-likeness (QED) is 0.724. The first-order valence-electron chi connectivity index (χ1n) is 8.54. The highest BCUT2D eigenvalue weighted by Gasteiger charge is 2.17. The van der Waals surface area contributed by atoms with Crippen molar-refractivity contribution >= 4 is 11.0 Å². The predicted molar refractivity (Wildman–Crippen MR) is 96.5 cm³/mol. The second-order valence-electron chi connectivity index (χ2n) is 6.32. The molecule has 0 amide bonds. The van der Waals surface area contributed by atoms with Crippen LogP contribution in [0.25, 0.3) is 11.0 Å². The summed E-state index contributed by atoms with van der Waals surface area (Å²) in [6, 6.07) is 15.4. The van der Waals surface area contributed by atoms with Crippen LogP contribution < -0.4 is 5.32 Å². The Hall–Kier alpha value is -2.20. The first-order chi connectivity index (χ1) is 11.6. The third-order valence-corrected chi connectivity index (χ3v) is 4.38. The Kier molecular flexibility index (Phi) is 4.95. The molecule has 0 aliphatic carbocycles. The third kappa shape index (κ3) is 3.49. The fourth-order valence-corrected chi connectivity index (χ4v) is 3.29. The van der Waals surface area contributed by atoms with Gasteiger partial charge < -0.3 is 9.88 Å². The Bertz CT molecular complexity index is 807. The highest BCUT2D eigenvalue weighted by molar-refractivity contribution is 5.76. The summed E-state index contributed by atoms with van der Waals surface area (Å²) in [6.07, 6.45) is 0.858. The van der Waals surface area contributed by atoms with Crippen LogP contribution in [0.2, 0.25) is 0 Å². The maximum Gasteiger partial charge on any atom is 0.126 e. The molecule has 0 spiro atoms. The van der Waals surface area contributed by atoms with Crippen molar-refractivity contribution in [3.05, 3.63) is 65.7 Å². The molecule has 1 N–H and O–H groups in total. The number of aromatic nitrogens is 2. The summed E-state index contributed by atoms with van der Waals surface area (Å²) in [5, 5.41) is 3.62. The Morgan fingerprint density at radius 1 is 1.08 bits per heavy atom. The molecular weight excluding hydrogens is 301 g/mol. The average molecular weight is 325 g/mol. The van der Waals surface area contributed by atoms with Gasteiger partial charge in [-0.2, -0.15) is 0 Å². The van der Waals surface area contributed by atoms with Crippen LogP contribution in [0.3, 0.4) is 0 Å². The van der Waals surface area contributed by atoms with Crippen molar-refractivity contribution in [1.29, 1.82) is 0 Å². The number of nitrogens with zero attached hydrogens (tertiary/aromatic N) is 2. The minimum Gasteiger partial charge on any atom is -0.327 e. The standard InChI is InChI=1S/C20H24FN3/c1-4-24-19-8-6-5-7-18(19)23-20(24)15(3)22-14(2)13-16-9-11-17(21)12-10-16/h5-12,14-15,22H,4,13H2,1-3H3. The molecule has 0 radical (unpaired) electrons. The van der Waals surface area contributed by atoms with Gasteiger partial charge in [0.15, 0.2) is 0 Å². The number of benzene rings is 2. The van der Waals surface area contributed by atoms with Gasteiger partial charge in [-0.05, 0) is 57.0 Å². The molecule has 1 heterocycles. The second kappa shape index (κ2) is 7.14. The topological polar surface area (TPSA) is 29.9 Å². The van der Waals surface area contributed by atoms with Crippen LogP contribution >= 0.6 is 0 Å². The molecule has 0 aliphatic rings. The van der Waals surface area contributed by atoms with E-state index in [0.717, 1.165) is 29.9 Å². The molecular formula is C20H24FN3. The lowest BCUT2D eigenvalue weighted by molar-refractivity contribution is 0.450. The summed E-state index contributed by atoms with van der Waals surface area (Å²) in [7, 11) is 0. The molecule has 2 unspecified atom stereocenters. The van der Waals surface area contributed by atoms with E-state index >= 15 is 0 Å². The first kappa shape index (κ1) is 16.7. The van der Waals surface area contributed by atoms with E-state index in [1.807, 2.05) is 18.2 Å². The zero-order chi connectivity index (χ0) is 17.1. The molecule has 3 nitrogen and oxygen atoms in total. The Labute approximate surface area is 142 Å². The highest BCUT2D eigenvalue weighted by atomic mass is 19.1. The normalized spacial score (nSPS) is 14.0. The number of hydrogen-bond acceptors (Lipinski definition) is 2. The van der Waals surface area contributed by atoms with E-state index in [4.69, 9.17) is 4.98 Å². The van der Waals surface area contributed by atoms with Crippen LogP contribution in [0.15, 0.2) is 48.5 Å². The molecule has 0 fully saturated rings. The first-order valence-corrected chi connectivity index (χ1v) is 8.54. The molecule has 0 saturated carbocycles. The van der Waals surface area contributed by atoms with Gasteiger partial charge in [0.1, 0.15) is 11.6 Å². The van der Waals surface area contributed by atoms with E-state index in [2.05, 4.69) is 48.9 Å². The Morgan fingerprint density at radius 3 is 2.50 bits per heavy atom. The van der Waals surface area contributed by atoms with Gasteiger partial charge in [0.2, 0.25) is 0 Å². The molecule has 3 rings (SSSR count). The second-order valence-corrected chi connectivity index (χ2v) is 6.32. The van der Waals surface area contributed by atoms with E-state index in [9.17, 15) is 4.39 Å². The fraction of sp³-hybridized carbons (Fsp3) is 0.350. The van der Waals surface area contributed by atoms with Crippen LogP contribution in [0, 0.1) is 5.82 Å². The van der Waals surface area contributed by atoms with Crippen molar-refractivity contribution in [3.63, 3.8) is 0 Å². The smallest absolute Gasteiger partial charge is 0.126 e. The SMILES string of the molecule is CCn1c(C(C)NC(C)Cc2ccc(F)cc2)nc2ccccc21. The summed E-state index contributed by atoms with van der Waals surface area (Å²) in [5.41, 5.74) is 3.34. The van der Waals surface area contributed by atoms with Gasteiger partial charge in [-0.25, -0.2) is 9.37 Å². The van der Waals surface area contributed by atoms with Gasteiger partial charge in [-0.15, -0.1) is 0 Å². The van der Waals surface area contributed by atoms with Gasteiger partial charge in [-0.3, -0.25) is 0 Å². The van der Waals surface area contributed by atoms with Crippen LogP contribution in [0.4, 0.5) is 4.39 Å². The molecule has 126 valence electrons. The van der Waals surface area contributed by atoms with Crippen molar-refractivity contribution < 1.29 is 4.39 Å². The third-order valence-electron chi connectivity index (χ3n) is 4.38. The van der Waals surface area contributed by atoms with Gasteiger partial charge in [0.05, 0.1) is 17.1 Å². The van der Waals surface area contributed by atoms with Gasteiger partial charge >= 0.3 is 0 Å². The van der Waals surface area contributed by atoms with E-state index in [-0.39, 0.29) is 17.9 Å². The molecule has 0 aliphatic heterocycles. The van der Waals surface area contributed by atoms with Crippen LogP contribution in [0.5, 0.6) is 0 Å². The maximum atomic E-state index is 13.0. The number of nitrogens with one attached hydrogen (secondary N) is 1. The molecule has 0 saturated heterocycles. The van der Waals surface area contributed by atoms with Crippen molar-refractivity contribution in [3.8, 4) is 0 Å². The minimum atomic E-state index is -0.190. The van der Waals surface area contributed by atoms with Gasteiger partial charge in [0, 0.05) is 12.6 Å². The van der Waals surface area contributed by atoms with E-state index in [1.165, 1.54) is 17.6 Å². The maximum absolute atomic E-state index is 13.0. The zero-order valence-electron chi connectivity index (χ0n) is 14.5. The van der Waals surface area contributed by atoms with Gasteiger partial charge in [0.25, 0.3) is 0 Å². The van der Waals surface area contributed by atoms with Crippen LogP contribution in [-0.4, -0.2) is 15.6 Å². The van der Waals surface area contributed by atoms with Crippen molar-refractivity contribution in [2.75, 3.05) is 0 Å². The number of fused-ring (bicyclic) bond motifs is 1. The molecule has 0 bridgehead atoms. The van der Waals surface area contributed by atoms with Crippen LogP contribution in [-0.2, 0) is 13.0 Å². The Morgan fingerprint density at radius 2 is 1.79 bits per heavy atom. The fourth-order valence-electron chi connectivity index (χ4n) is 3.29. The minimum absolute atomic E-state index is 0.146.